The van der Waals surface area contributed by atoms with Gasteiger partial charge in [0, 0.05) is 41.6 Å². The van der Waals surface area contributed by atoms with Gasteiger partial charge < -0.3 is 14.6 Å². The predicted molar refractivity (Wildman–Crippen MR) is 153 cm³/mol. The number of amides is 1. The average Bonchev–Trinajstić information content (AvgIpc) is 3.33. The molecule has 3 N–H and O–H groups in total. The Morgan fingerprint density at radius 1 is 1.21 bits per heavy atom. The third-order valence-electron chi connectivity index (χ3n) is 7.74. The highest BCUT2D eigenvalue weighted by atomic mass is 32.3. The lowest BCUT2D eigenvalue weighted by atomic mass is 9.75. The van der Waals surface area contributed by atoms with Crippen molar-refractivity contribution >= 4 is 22.2 Å². The van der Waals surface area contributed by atoms with Crippen LogP contribution in [0.5, 0.6) is 0 Å². The normalized spacial score (nSPS) is 25.1. The molecule has 2 heterocycles. The smallest absolute Gasteiger partial charge is 0.224 e. The Morgan fingerprint density at radius 3 is 2.41 bits per heavy atom. The van der Waals surface area contributed by atoms with E-state index < -0.39 is 28.7 Å². The van der Waals surface area contributed by atoms with Crippen LogP contribution in [-0.2, 0) is 10.2 Å². The molecule has 1 aliphatic heterocycles. The molecule has 0 bridgehead atoms. The number of benzene rings is 1. The fourth-order valence-corrected chi connectivity index (χ4v) is 6.49. The van der Waals surface area contributed by atoms with Crippen molar-refractivity contribution in [1.29, 1.82) is 5.26 Å². The van der Waals surface area contributed by atoms with Crippen LogP contribution in [0, 0.1) is 23.2 Å². The quantitative estimate of drug-likeness (QED) is 0.390. The van der Waals surface area contributed by atoms with Crippen LogP contribution in [0.25, 0.3) is 11.3 Å². The van der Waals surface area contributed by atoms with E-state index in [0.717, 1.165) is 11.3 Å². The molecule has 8 nitrogen and oxygen atoms in total. The highest BCUT2D eigenvalue weighted by molar-refractivity contribution is 8.24. The van der Waals surface area contributed by atoms with Crippen molar-refractivity contribution in [3.05, 3.63) is 35.9 Å². The molecule has 0 radical (unpaired) electrons. The minimum Gasteiger partial charge on any atom is -0.440 e. The first-order chi connectivity index (χ1) is 18.3. The van der Waals surface area contributed by atoms with Gasteiger partial charge >= 0.3 is 0 Å². The topological polar surface area (TPSA) is 123 Å². The molecule has 2 aliphatic rings. The van der Waals surface area contributed by atoms with Crippen LogP contribution in [-0.4, -0.2) is 56.8 Å². The lowest BCUT2D eigenvalue weighted by molar-refractivity contribution is -0.128. The van der Waals surface area contributed by atoms with Crippen molar-refractivity contribution in [3.8, 4) is 17.4 Å². The number of hydrogen-bond donors (Lipinski definition) is 3. The Kier molecular flexibility index (Phi) is 8.64. The zero-order chi connectivity index (χ0) is 28.5. The summed E-state index contributed by atoms with van der Waals surface area (Å²) in [6.45, 7) is 10.9. The van der Waals surface area contributed by atoms with Gasteiger partial charge in [-0.25, -0.2) is 9.37 Å². The van der Waals surface area contributed by atoms with Gasteiger partial charge in [0.05, 0.1) is 23.3 Å². The molecule has 10 heteroatoms. The van der Waals surface area contributed by atoms with Gasteiger partial charge in [0.15, 0.2) is 5.76 Å². The Morgan fingerprint density at radius 2 is 1.85 bits per heavy atom. The summed E-state index contributed by atoms with van der Waals surface area (Å²) in [7, 11) is -2.48. The second-order valence-corrected chi connectivity index (χ2v) is 14.6. The summed E-state index contributed by atoms with van der Waals surface area (Å²) in [6, 6.07) is 9.38. The van der Waals surface area contributed by atoms with Gasteiger partial charge in [0.1, 0.15) is 12.2 Å². The number of aromatic nitrogens is 1. The SMILES string of the molecule is CC(C)[C@@H](C#N)NC(=O)[C@@H]1C[C@@H](F)CC[C@H]1c1nc(C(C)(C)C)oc1-c1ccc(N2CCS(O)(O)CC2)cc1. The summed E-state index contributed by atoms with van der Waals surface area (Å²) in [6.07, 6.45) is -0.211. The van der Waals surface area contributed by atoms with Gasteiger partial charge in [0.2, 0.25) is 11.8 Å². The molecule has 1 aromatic carbocycles. The van der Waals surface area contributed by atoms with Crippen molar-refractivity contribution in [1.82, 2.24) is 10.3 Å². The van der Waals surface area contributed by atoms with Crippen LogP contribution in [0.15, 0.2) is 28.7 Å². The molecule has 1 saturated carbocycles. The molecule has 39 heavy (non-hydrogen) atoms. The molecule has 1 amide bonds. The maximum atomic E-state index is 14.6. The summed E-state index contributed by atoms with van der Waals surface area (Å²) < 4.78 is 40.9. The third-order valence-corrected chi connectivity index (χ3v) is 9.42. The number of nitrogens with zero attached hydrogens (tertiary/aromatic N) is 3. The zero-order valence-electron chi connectivity index (χ0n) is 23.5. The van der Waals surface area contributed by atoms with Gasteiger partial charge in [-0.3, -0.25) is 13.9 Å². The van der Waals surface area contributed by atoms with Crippen LogP contribution >= 0.6 is 10.6 Å². The summed E-state index contributed by atoms with van der Waals surface area (Å²) in [5.41, 5.74) is 2.08. The van der Waals surface area contributed by atoms with E-state index in [9.17, 15) is 23.6 Å². The van der Waals surface area contributed by atoms with Crippen molar-refractivity contribution in [2.75, 3.05) is 29.5 Å². The molecule has 1 aliphatic carbocycles. The van der Waals surface area contributed by atoms with Crippen molar-refractivity contribution < 1.29 is 22.7 Å². The Bertz CT molecular complexity index is 1190. The number of carbonyl (C=O) groups is 1. The third kappa shape index (κ3) is 6.76. The maximum absolute atomic E-state index is 14.6. The number of carbonyl (C=O) groups excluding carboxylic acids is 1. The predicted octanol–water partition coefficient (Wildman–Crippen LogP) is 6.10. The number of alkyl halides is 1. The van der Waals surface area contributed by atoms with Crippen molar-refractivity contribution in [2.45, 2.75) is 77.4 Å². The highest BCUT2D eigenvalue weighted by Gasteiger charge is 2.41. The summed E-state index contributed by atoms with van der Waals surface area (Å²) in [5.74, 6) is 0.470. The van der Waals surface area contributed by atoms with Gasteiger partial charge in [0.25, 0.3) is 0 Å². The van der Waals surface area contributed by atoms with E-state index in [2.05, 4.69) is 16.3 Å². The average molecular weight is 561 g/mol. The second-order valence-electron chi connectivity index (χ2n) is 12.2. The summed E-state index contributed by atoms with van der Waals surface area (Å²) in [4.78, 5) is 20.4. The van der Waals surface area contributed by atoms with Crippen LogP contribution in [0.2, 0.25) is 0 Å². The number of nitriles is 1. The number of oxazole rings is 1. The fraction of sp³-hybridized carbons (Fsp3) is 0.621. The molecule has 4 rings (SSSR count). The Hall–Kier alpha value is -2.61. The van der Waals surface area contributed by atoms with Gasteiger partial charge in [-0.15, -0.1) is 0 Å². The van der Waals surface area contributed by atoms with Gasteiger partial charge in [-0.2, -0.15) is 15.9 Å². The molecular formula is C29H41FN4O4S. The van der Waals surface area contributed by atoms with E-state index in [0.29, 0.717) is 54.8 Å². The first-order valence-electron chi connectivity index (χ1n) is 13.7. The monoisotopic (exact) mass is 560 g/mol. The molecule has 0 unspecified atom stereocenters. The van der Waals surface area contributed by atoms with Crippen LogP contribution < -0.4 is 10.2 Å². The minimum atomic E-state index is -2.48. The maximum Gasteiger partial charge on any atom is 0.224 e. The fourth-order valence-electron chi connectivity index (χ4n) is 5.26. The van der Waals surface area contributed by atoms with Crippen LogP contribution in [0.4, 0.5) is 10.1 Å². The molecular weight excluding hydrogens is 519 g/mol. The molecule has 2 aromatic rings. The van der Waals surface area contributed by atoms with E-state index in [1.165, 1.54) is 0 Å². The van der Waals surface area contributed by atoms with E-state index in [-0.39, 0.29) is 29.6 Å². The Labute approximate surface area is 232 Å². The van der Waals surface area contributed by atoms with Crippen molar-refractivity contribution in [3.63, 3.8) is 0 Å². The molecule has 1 aromatic heterocycles. The summed E-state index contributed by atoms with van der Waals surface area (Å²) in [5, 5.41) is 12.4. The van der Waals surface area contributed by atoms with E-state index in [4.69, 9.17) is 9.40 Å². The second kappa shape index (κ2) is 11.5. The lowest BCUT2D eigenvalue weighted by Crippen LogP contribution is -2.44. The first-order valence-corrected chi connectivity index (χ1v) is 15.6. The zero-order valence-corrected chi connectivity index (χ0v) is 24.3. The highest BCUT2D eigenvalue weighted by Crippen LogP contribution is 2.45. The largest absolute Gasteiger partial charge is 0.440 e. The minimum absolute atomic E-state index is 0.0664. The number of hydrogen-bond acceptors (Lipinski definition) is 7. The molecule has 4 atom stereocenters. The van der Waals surface area contributed by atoms with Crippen LogP contribution in [0.3, 0.4) is 0 Å². The summed E-state index contributed by atoms with van der Waals surface area (Å²) >= 11 is 0. The van der Waals surface area contributed by atoms with E-state index in [1.54, 1.807) is 0 Å². The molecule has 1 saturated heterocycles. The lowest BCUT2D eigenvalue weighted by Gasteiger charge is -2.41. The number of nitrogens with one attached hydrogen (secondary N) is 1. The standard InChI is InChI=1S/C29H41FN4O4S/c1-18(2)24(17-31)32-27(35)23-16-20(30)8-11-22(23)25-26(38-28(33-25)29(3,4)5)19-6-9-21(10-7-19)34-12-14-39(36,37)15-13-34/h6-7,9-10,18,20,22-24,36-37H,8,11-16H2,1-5H3,(H,32,35)/t20-,22+,23+,24+/m0/s1. The van der Waals surface area contributed by atoms with Crippen LogP contribution in [0.1, 0.15) is 71.4 Å². The van der Waals surface area contributed by atoms with Gasteiger partial charge in [-0.05, 0) is 49.4 Å². The van der Waals surface area contributed by atoms with E-state index in [1.807, 2.05) is 58.9 Å². The Balaban J connectivity index is 1.67. The number of anilines is 1. The van der Waals surface area contributed by atoms with Gasteiger partial charge in [-0.1, -0.05) is 34.6 Å². The number of halogens is 1. The first kappa shape index (κ1) is 29.4. The molecule has 214 valence electrons. The molecule has 0 spiro atoms. The van der Waals surface area contributed by atoms with Crippen molar-refractivity contribution in [2.24, 2.45) is 11.8 Å². The van der Waals surface area contributed by atoms with E-state index >= 15 is 0 Å². The number of rotatable bonds is 6. The molecule has 2 fully saturated rings.